The van der Waals surface area contributed by atoms with Crippen LogP contribution in [0, 0.1) is 5.92 Å². The van der Waals surface area contributed by atoms with Gasteiger partial charge < -0.3 is 0 Å². The summed E-state index contributed by atoms with van der Waals surface area (Å²) in [7, 11) is 0. The molecule has 1 aliphatic carbocycles. The predicted octanol–water partition coefficient (Wildman–Crippen LogP) is 2.52. The third-order valence-corrected chi connectivity index (χ3v) is 6.88. The fourth-order valence-corrected chi connectivity index (χ4v) is 5.59. The third-order valence-electron chi connectivity index (χ3n) is 3.97. The van der Waals surface area contributed by atoms with E-state index in [1.807, 2.05) is 44.2 Å². The molecule has 1 fully saturated rings. The monoisotopic (exact) mass is 354 g/mol. The van der Waals surface area contributed by atoms with Crippen molar-refractivity contribution in [3.63, 3.8) is 0 Å². The van der Waals surface area contributed by atoms with E-state index >= 15 is 0 Å². The van der Waals surface area contributed by atoms with Gasteiger partial charge in [-0.3, -0.25) is 0 Å². The van der Waals surface area contributed by atoms with Crippen LogP contribution >= 0.6 is 0 Å². The Balaban J connectivity index is 2.29. The molecule has 21 heavy (non-hydrogen) atoms. The van der Waals surface area contributed by atoms with Crippen molar-refractivity contribution in [2.24, 2.45) is 5.92 Å². The predicted molar refractivity (Wildman–Crippen MR) is 83.8 cm³/mol. The van der Waals surface area contributed by atoms with E-state index in [0.717, 1.165) is 23.7 Å². The Labute approximate surface area is 132 Å². The van der Waals surface area contributed by atoms with Gasteiger partial charge in [0.25, 0.3) is 0 Å². The topological polar surface area (TPSA) is 43.4 Å². The van der Waals surface area contributed by atoms with E-state index < -0.39 is 4.31 Å². The number of carbonyl (C=O) groups excluding carboxylic acids is 2. The number of esters is 1. The molecule has 0 bridgehead atoms. The fraction of sp³-hybridized carbons (Fsp3) is 0.529. The van der Waals surface area contributed by atoms with Gasteiger partial charge in [-0.1, -0.05) is 0 Å². The first-order chi connectivity index (χ1) is 10.1. The van der Waals surface area contributed by atoms with Gasteiger partial charge in [0, 0.05) is 0 Å². The van der Waals surface area contributed by atoms with E-state index in [4.69, 9.17) is 4.74 Å². The zero-order chi connectivity index (χ0) is 15.3. The van der Waals surface area contributed by atoms with Crippen molar-refractivity contribution < 1.29 is 14.3 Å². The Morgan fingerprint density at radius 3 is 2.67 bits per heavy atom. The molecule has 2 rings (SSSR count). The van der Waals surface area contributed by atoms with Gasteiger partial charge in [0.1, 0.15) is 0 Å². The molecule has 0 aliphatic heterocycles. The number of rotatable bonds is 5. The zero-order valence-electron chi connectivity index (χ0n) is 12.6. The molecule has 2 unspecified atom stereocenters. The van der Waals surface area contributed by atoms with Crippen LogP contribution in [-0.4, -0.2) is 33.3 Å². The molecule has 114 valence electrons. The van der Waals surface area contributed by atoms with Gasteiger partial charge in [-0.25, -0.2) is 0 Å². The van der Waals surface area contributed by atoms with E-state index in [2.05, 4.69) is 0 Å². The van der Waals surface area contributed by atoms with Crippen LogP contribution < -0.4 is 4.46 Å². The molecule has 0 aromatic heterocycles. The maximum atomic E-state index is 12.6. The molecule has 1 aromatic carbocycles. The van der Waals surface area contributed by atoms with Crippen molar-refractivity contribution >= 4 is 31.2 Å². The first-order valence-electron chi connectivity index (χ1n) is 7.52. The van der Waals surface area contributed by atoms with Crippen molar-refractivity contribution in [2.75, 3.05) is 6.61 Å². The summed E-state index contributed by atoms with van der Waals surface area (Å²) in [6, 6.07) is 9.99. The van der Waals surface area contributed by atoms with Crippen molar-refractivity contribution in [1.82, 2.24) is 0 Å². The van der Waals surface area contributed by atoms with Crippen LogP contribution in [0.15, 0.2) is 30.3 Å². The molecule has 2 atom stereocenters. The molecule has 0 amide bonds. The third kappa shape index (κ3) is 3.75. The SMILES string of the molecule is CCOC(=O)C(C)([Se]c1ccccc1)C1CCCCC1=O. The summed E-state index contributed by atoms with van der Waals surface area (Å²) in [5.74, 6) is -0.172. The summed E-state index contributed by atoms with van der Waals surface area (Å²) < 4.78 is 5.75. The Kier molecular flexibility index (Phi) is 5.60. The summed E-state index contributed by atoms with van der Waals surface area (Å²) in [4.78, 5) is 24.9. The van der Waals surface area contributed by atoms with E-state index in [1.54, 1.807) is 0 Å². The second-order valence-corrected chi connectivity index (χ2v) is 8.70. The minimum absolute atomic E-state index is 0.113. The van der Waals surface area contributed by atoms with Gasteiger partial charge in [-0.15, -0.1) is 0 Å². The molecule has 4 heteroatoms. The molecule has 0 radical (unpaired) electrons. The van der Waals surface area contributed by atoms with Crippen molar-refractivity contribution in [1.29, 1.82) is 0 Å². The first kappa shape index (κ1) is 16.3. The summed E-state index contributed by atoms with van der Waals surface area (Å²) in [6.07, 6.45) is 3.39. The van der Waals surface area contributed by atoms with Crippen LogP contribution in [0.4, 0.5) is 0 Å². The number of carbonyl (C=O) groups is 2. The normalized spacial score (nSPS) is 21.6. The van der Waals surface area contributed by atoms with E-state index in [1.165, 1.54) is 0 Å². The van der Waals surface area contributed by atoms with Gasteiger partial charge in [0.2, 0.25) is 0 Å². The number of hydrogen-bond donors (Lipinski definition) is 0. The Bertz CT molecular complexity index is 500. The molecule has 1 aromatic rings. The second kappa shape index (κ2) is 7.24. The van der Waals surface area contributed by atoms with E-state index in [-0.39, 0.29) is 32.6 Å². The standard InChI is InChI=1S/C17H22O3Se/c1-3-20-16(19)17(2,14-11-7-8-12-15(14)18)21-13-9-5-4-6-10-13/h4-6,9-10,14H,3,7-8,11-12H2,1-2H3. The number of ether oxygens (including phenoxy) is 1. The summed E-state index contributed by atoms with van der Waals surface area (Å²) in [6.45, 7) is 4.10. The van der Waals surface area contributed by atoms with Crippen LogP contribution in [0.25, 0.3) is 0 Å². The Morgan fingerprint density at radius 1 is 1.33 bits per heavy atom. The molecule has 1 saturated carbocycles. The summed E-state index contributed by atoms with van der Waals surface area (Å²) >= 11 is -0.113. The first-order valence-corrected chi connectivity index (χ1v) is 9.23. The Morgan fingerprint density at radius 2 is 2.05 bits per heavy atom. The number of benzene rings is 1. The Hall–Kier alpha value is -1.12. The van der Waals surface area contributed by atoms with Gasteiger partial charge in [-0.2, -0.15) is 0 Å². The molecular formula is C17H22O3Se. The fourth-order valence-electron chi connectivity index (χ4n) is 2.83. The molecule has 0 saturated heterocycles. The average Bonchev–Trinajstić information content (AvgIpc) is 2.48. The summed E-state index contributed by atoms with van der Waals surface area (Å²) in [5.41, 5.74) is 0. The minimum atomic E-state index is -0.693. The molecular weight excluding hydrogens is 331 g/mol. The van der Waals surface area contributed by atoms with E-state index in [0.29, 0.717) is 13.0 Å². The number of ketones is 1. The molecule has 3 nitrogen and oxygen atoms in total. The average molecular weight is 353 g/mol. The van der Waals surface area contributed by atoms with Gasteiger partial charge in [0.15, 0.2) is 0 Å². The van der Waals surface area contributed by atoms with Crippen LogP contribution in [0.1, 0.15) is 39.5 Å². The second-order valence-electron chi connectivity index (χ2n) is 5.51. The van der Waals surface area contributed by atoms with Crippen molar-refractivity contribution in [2.45, 2.75) is 43.8 Å². The molecule has 0 spiro atoms. The molecule has 0 N–H and O–H groups in total. The van der Waals surface area contributed by atoms with Gasteiger partial charge in [-0.05, 0) is 0 Å². The van der Waals surface area contributed by atoms with Crippen molar-refractivity contribution in [3.05, 3.63) is 30.3 Å². The quantitative estimate of drug-likeness (QED) is 0.604. The van der Waals surface area contributed by atoms with E-state index in [9.17, 15) is 9.59 Å². The summed E-state index contributed by atoms with van der Waals surface area (Å²) in [5, 5.41) is 0. The molecule has 0 heterocycles. The van der Waals surface area contributed by atoms with Gasteiger partial charge in [0.05, 0.1) is 0 Å². The maximum absolute atomic E-state index is 12.6. The molecule has 1 aliphatic rings. The van der Waals surface area contributed by atoms with Crippen LogP contribution in [0.5, 0.6) is 0 Å². The van der Waals surface area contributed by atoms with Crippen LogP contribution in [-0.2, 0) is 14.3 Å². The van der Waals surface area contributed by atoms with Gasteiger partial charge >= 0.3 is 132 Å². The van der Waals surface area contributed by atoms with Crippen LogP contribution in [0.3, 0.4) is 0 Å². The van der Waals surface area contributed by atoms with Crippen molar-refractivity contribution in [3.8, 4) is 0 Å². The zero-order valence-corrected chi connectivity index (χ0v) is 14.3. The number of hydrogen-bond acceptors (Lipinski definition) is 3. The van der Waals surface area contributed by atoms with Crippen LogP contribution in [0.2, 0.25) is 4.31 Å². The number of Topliss-reactive ketones (excluding diaryl/α,β-unsaturated/α-hetero) is 1.